The predicted molar refractivity (Wildman–Crippen MR) is 72.3 cm³/mol. The molecule has 1 aliphatic carbocycles. The number of nitrogens with one attached hydrogen (secondary N) is 1. The number of carbonyl (C=O) groups excluding carboxylic acids is 1. The Balaban J connectivity index is 2.03. The van der Waals surface area contributed by atoms with Crippen LogP contribution in [-0.2, 0) is 4.79 Å². The van der Waals surface area contributed by atoms with Crippen LogP contribution in [0.3, 0.4) is 0 Å². The third-order valence-corrected chi connectivity index (χ3v) is 3.90. The topological polar surface area (TPSA) is 70.7 Å². The molecule has 1 atom stereocenters. The number of amides is 1. The molecule has 2 fully saturated rings. The molecule has 18 heavy (non-hydrogen) atoms. The van der Waals surface area contributed by atoms with E-state index < -0.39 is 0 Å². The van der Waals surface area contributed by atoms with Gasteiger partial charge in [0.1, 0.15) is 6.04 Å². The molecule has 1 saturated carbocycles. The van der Waals surface area contributed by atoms with Crippen LogP contribution in [0.15, 0.2) is 4.99 Å². The summed E-state index contributed by atoms with van der Waals surface area (Å²) in [4.78, 5) is 18.4. The largest absolute Gasteiger partial charge is 0.370 e. The molecule has 1 heterocycles. The molecule has 3 N–H and O–H groups in total. The maximum Gasteiger partial charge on any atom is 0.242 e. The lowest BCUT2D eigenvalue weighted by molar-refractivity contribution is -0.127. The van der Waals surface area contributed by atoms with E-state index in [1.807, 2.05) is 11.8 Å². The average Bonchev–Trinajstić information content (AvgIpc) is 2.39. The third kappa shape index (κ3) is 2.94. The molecule has 2 aliphatic rings. The molecule has 1 saturated heterocycles. The highest BCUT2D eigenvalue weighted by atomic mass is 16.2. The summed E-state index contributed by atoms with van der Waals surface area (Å²) in [6, 6.07) is 0.215. The highest BCUT2D eigenvalue weighted by Gasteiger charge is 2.29. The van der Waals surface area contributed by atoms with Crippen LogP contribution in [0.1, 0.15) is 45.4 Å². The Morgan fingerprint density at radius 1 is 1.44 bits per heavy atom. The fraction of sp³-hybridized carbons (Fsp3) is 0.846. The van der Waals surface area contributed by atoms with Gasteiger partial charge in [-0.05, 0) is 19.3 Å². The van der Waals surface area contributed by atoms with Crippen LogP contribution in [0.2, 0.25) is 0 Å². The summed E-state index contributed by atoms with van der Waals surface area (Å²) in [6.45, 7) is 3.44. The average molecular weight is 252 g/mol. The van der Waals surface area contributed by atoms with Gasteiger partial charge in [0.15, 0.2) is 5.96 Å². The summed E-state index contributed by atoms with van der Waals surface area (Å²) in [5.41, 5.74) is 6.10. The molecule has 0 aromatic heterocycles. The summed E-state index contributed by atoms with van der Waals surface area (Å²) in [5, 5.41) is 2.88. The Hall–Kier alpha value is -1.26. The fourth-order valence-electron chi connectivity index (χ4n) is 2.87. The maximum absolute atomic E-state index is 11.8. The number of hydrogen-bond donors (Lipinski definition) is 2. The Morgan fingerprint density at radius 3 is 2.83 bits per heavy atom. The number of guanidine groups is 1. The summed E-state index contributed by atoms with van der Waals surface area (Å²) < 4.78 is 0. The first-order valence-corrected chi connectivity index (χ1v) is 7.10. The number of nitrogens with zero attached hydrogens (tertiary/aromatic N) is 2. The maximum atomic E-state index is 11.8. The molecule has 0 aromatic carbocycles. The quantitative estimate of drug-likeness (QED) is 0.565. The Morgan fingerprint density at radius 2 is 2.17 bits per heavy atom. The molecule has 1 amide bonds. The van der Waals surface area contributed by atoms with Crippen LogP contribution < -0.4 is 11.1 Å². The van der Waals surface area contributed by atoms with Gasteiger partial charge >= 0.3 is 0 Å². The molecule has 0 radical (unpaired) electrons. The Labute approximate surface area is 109 Å². The highest BCUT2D eigenvalue weighted by Crippen LogP contribution is 2.20. The summed E-state index contributed by atoms with van der Waals surface area (Å²) in [6.07, 6.45) is 6.86. The van der Waals surface area contributed by atoms with Crippen LogP contribution in [0.4, 0.5) is 0 Å². The normalized spacial score (nSPS) is 27.2. The van der Waals surface area contributed by atoms with E-state index in [2.05, 4.69) is 10.3 Å². The zero-order valence-corrected chi connectivity index (χ0v) is 11.2. The zero-order valence-electron chi connectivity index (χ0n) is 11.2. The van der Waals surface area contributed by atoms with Crippen LogP contribution in [0, 0.1) is 0 Å². The second-order valence-electron chi connectivity index (χ2n) is 5.19. The van der Waals surface area contributed by atoms with Crippen LogP contribution >= 0.6 is 0 Å². The number of aliphatic imine (C=N–C) groups is 1. The van der Waals surface area contributed by atoms with Crippen LogP contribution in [0.5, 0.6) is 0 Å². The summed E-state index contributed by atoms with van der Waals surface area (Å²) in [5.74, 6) is 0.633. The first-order chi connectivity index (χ1) is 8.72. The number of carbonyl (C=O) groups is 1. The molecule has 5 nitrogen and oxygen atoms in total. The van der Waals surface area contributed by atoms with Crippen molar-refractivity contribution in [3.63, 3.8) is 0 Å². The smallest absolute Gasteiger partial charge is 0.242 e. The van der Waals surface area contributed by atoms with Gasteiger partial charge in [-0.3, -0.25) is 4.79 Å². The van der Waals surface area contributed by atoms with E-state index in [1.165, 1.54) is 19.3 Å². The van der Waals surface area contributed by atoms with E-state index in [4.69, 9.17) is 5.73 Å². The van der Waals surface area contributed by atoms with Crippen molar-refractivity contribution in [2.75, 3.05) is 13.1 Å². The second kappa shape index (κ2) is 6.07. The molecule has 1 unspecified atom stereocenters. The van der Waals surface area contributed by atoms with Crippen molar-refractivity contribution >= 4 is 11.9 Å². The lowest BCUT2D eigenvalue weighted by Crippen LogP contribution is -2.59. The lowest BCUT2D eigenvalue weighted by Gasteiger charge is -2.35. The molecular formula is C13H24N4O. The van der Waals surface area contributed by atoms with Gasteiger partial charge in [0.05, 0.1) is 6.04 Å². The highest BCUT2D eigenvalue weighted by molar-refractivity contribution is 5.89. The minimum atomic E-state index is -0.147. The van der Waals surface area contributed by atoms with E-state index in [9.17, 15) is 4.79 Å². The fourth-order valence-corrected chi connectivity index (χ4v) is 2.87. The second-order valence-corrected chi connectivity index (χ2v) is 5.19. The molecule has 5 heteroatoms. The lowest BCUT2D eigenvalue weighted by atomic mass is 9.96. The van der Waals surface area contributed by atoms with Crippen LogP contribution in [0.25, 0.3) is 0 Å². The summed E-state index contributed by atoms with van der Waals surface area (Å²) >= 11 is 0. The van der Waals surface area contributed by atoms with Gasteiger partial charge in [-0.2, -0.15) is 0 Å². The van der Waals surface area contributed by atoms with Crippen molar-refractivity contribution < 1.29 is 4.79 Å². The minimum absolute atomic E-state index is 0.0746. The van der Waals surface area contributed by atoms with E-state index in [0.717, 1.165) is 25.8 Å². The number of nitrogens with two attached hydrogens (primary N) is 1. The van der Waals surface area contributed by atoms with Gasteiger partial charge < -0.3 is 16.0 Å². The standard InChI is InChI=1S/C13H24N4O/c1-2-11-12(18)15-8-9-17(11)13(14)16-10-6-4-3-5-7-10/h10-11H,2-9H2,1H3,(H2,14,16)(H,15,18). The molecular weight excluding hydrogens is 228 g/mol. The van der Waals surface area contributed by atoms with E-state index in [0.29, 0.717) is 18.5 Å². The zero-order chi connectivity index (χ0) is 13.0. The van der Waals surface area contributed by atoms with Crippen molar-refractivity contribution in [1.29, 1.82) is 0 Å². The van der Waals surface area contributed by atoms with Gasteiger partial charge in [-0.15, -0.1) is 0 Å². The first-order valence-electron chi connectivity index (χ1n) is 7.10. The van der Waals surface area contributed by atoms with Crippen LogP contribution in [-0.4, -0.2) is 41.9 Å². The molecule has 1 aliphatic heterocycles. The predicted octanol–water partition coefficient (Wildman–Crippen LogP) is 0.844. The van der Waals surface area contributed by atoms with E-state index in [-0.39, 0.29) is 11.9 Å². The van der Waals surface area contributed by atoms with Gasteiger partial charge in [-0.25, -0.2) is 4.99 Å². The van der Waals surface area contributed by atoms with Gasteiger partial charge in [0.2, 0.25) is 5.91 Å². The van der Waals surface area contributed by atoms with Crippen molar-refractivity contribution in [3.05, 3.63) is 0 Å². The first kappa shape index (κ1) is 13.2. The van der Waals surface area contributed by atoms with Gasteiger partial charge in [-0.1, -0.05) is 26.2 Å². The third-order valence-electron chi connectivity index (χ3n) is 3.90. The van der Waals surface area contributed by atoms with Crippen molar-refractivity contribution in [1.82, 2.24) is 10.2 Å². The van der Waals surface area contributed by atoms with Crippen molar-refractivity contribution in [2.24, 2.45) is 10.7 Å². The van der Waals surface area contributed by atoms with Crippen molar-refractivity contribution in [3.8, 4) is 0 Å². The molecule has 2 rings (SSSR count). The van der Waals surface area contributed by atoms with Gasteiger partial charge in [0.25, 0.3) is 0 Å². The van der Waals surface area contributed by atoms with E-state index >= 15 is 0 Å². The number of piperazine rings is 1. The monoisotopic (exact) mass is 252 g/mol. The SMILES string of the molecule is CCC1C(=O)NCCN1C(N)=NC1CCCCC1. The van der Waals surface area contributed by atoms with E-state index in [1.54, 1.807) is 0 Å². The Kier molecular flexibility index (Phi) is 4.44. The number of hydrogen-bond acceptors (Lipinski definition) is 2. The molecule has 0 spiro atoms. The Bertz CT molecular complexity index is 323. The minimum Gasteiger partial charge on any atom is -0.370 e. The molecule has 0 bridgehead atoms. The number of rotatable bonds is 2. The van der Waals surface area contributed by atoms with Crippen molar-refractivity contribution in [2.45, 2.75) is 57.5 Å². The van der Waals surface area contributed by atoms with Gasteiger partial charge in [0, 0.05) is 13.1 Å². The molecule has 0 aromatic rings. The summed E-state index contributed by atoms with van der Waals surface area (Å²) in [7, 11) is 0. The molecule has 102 valence electrons.